The largest absolute Gasteiger partial charge is 0.358 e. The average molecular weight is 261 g/mol. The van der Waals surface area contributed by atoms with E-state index < -0.39 is 0 Å². The third kappa shape index (κ3) is 3.73. The second-order valence-electron chi connectivity index (χ2n) is 6.05. The highest BCUT2D eigenvalue weighted by Crippen LogP contribution is 2.27. The summed E-state index contributed by atoms with van der Waals surface area (Å²) in [6, 6.07) is 3.10. The van der Waals surface area contributed by atoms with Crippen molar-refractivity contribution >= 4 is 0 Å². The summed E-state index contributed by atoms with van der Waals surface area (Å²) in [4.78, 5) is 2.19. The second kappa shape index (κ2) is 6.96. The van der Waals surface area contributed by atoms with Crippen LogP contribution in [0.2, 0.25) is 0 Å². The monoisotopic (exact) mass is 261 g/mol. The van der Waals surface area contributed by atoms with Crippen LogP contribution >= 0.6 is 0 Å². The molecular formula is C16H27N3. The van der Waals surface area contributed by atoms with E-state index in [1.54, 1.807) is 0 Å². The highest BCUT2D eigenvalue weighted by molar-refractivity contribution is 5.08. The summed E-state index contributed by atoms with van der Waals surface area (Å²) in [5.41, 5.74) is 1.10. The Bertz CT molecular complexity index is 336. The Morgan fingerprint density at radius 1 is 1.32 bits per heavy atom. The zero-order valence-electron chi connectivity index (χ0n) is 12.2. The van der Waals surface area contributed by atoms with Crippen LogP contribution < -0.4 is 5.32 Å². The van der Waals surface area contributed by atoms with Gasteiger partial charge in [-0.15, -0.1) is 0 Å². The Kier molecular flexibility index (Phi) is 5.27. The van der Waals surface area contributed by atoms with E-state index in [4.69, 9.17) is 5.26 Å². The van der Waals surface area contributed by atoms with E-state index in [-0.39, 0.29) is 6.04 Å². The SMILES string of the molecule is C=C(CNC1CCC(CC)CC1)N1CCC[C@H]1C#N. The van der Waals surface area contributed by atoms with Crippen molar-refractivity contribution in [1.82, 2.24) is 10.2 Å². The first-order valence-corrected chi connectivity index (χ1v) is 7.82. The molecule has 1 atom stereocenters. The van der Waals surface area contributed by atoms with Crippen LogP contribution in [0, 0.1) is 17.2 Å². The Labute approximate surface area is 117 Å². The van der Waals surface area contributed by atoms with Gasteiger partial charge in [0, 0.05) is 24.8 Å². The van der Waals surface area contributed by atoms with Crippen molar-refractivity contribution in [2.24, 2.45) is 5.92 Å². The Balaban J connectivity index is 1.71. The lowest BCUT2D eigenvalue weighted by atomic mass is 9.84. The normalized spacial score (nSPS) is 31.2. The van der Waals surface area contributed by atoms with E-state index >= 15 is 0 Å². The van der Waals surface area contributed by atoms with Gasteiger partial charge in [0.2, 0.25) is 0 Å². The van der Waals surface area contributed by atoms with E-state index in [0.29, 0.717) is 6.04 Å². The minimum Gasteiger partial charge on any atom is -0.358 e. The third-order valence-electron chi connectivity index (χ3n) is 4.83. The summed E-state index contributed by atoms with van der Waals surface area (Å²) in [5, 5.41) is 12.7. The maximum absolute atomic E-state index is 9.11. The Hall–Kier alpha value is -1.01. The quantitative estimate of drug-likeness (QED) is 0.826. The molecule has 1 aliphatic carbocycles. The highest BCUT2D eigenvalue weighted by atomic mass is 15.2. The predicted molar refractivity (Wildman–Crippen MR) is 78.5 cm³/mol. The molecule has 3 nitrogen and oxygen atoms in total. The third-order valence-corrected chi connectivity index (χ3v) is 4.83. The predicted octanol–water partition coefficient (Wildman–Crippen LogP) is 3.05. The fourth-order valence-corrected chi connectivity index (χ4v) is 3.42. The lowest BCUT2D eigenvalue weighted by Crippen LogP contribution is -2.38. The number of hydrogen-bond donors (Lipinski definition) is 1. The molecular weight excluding hydrogens is 234 g/mol. The van der Waals surface area contributed by atoms with Crippen molar-refractivity contribution in [1.29, 1.82) is 5.26 Å². The van der Waals surface area contributed by atoms with E-state index in [9.17, 15) is 0 Å². The molecule has 106 valence electrons. The Morgan fingerprint density at radius 3 is 2.68 bits per heavy atom. The molecule has 0 aromatic carbocycles. The topological polar surface area (TPSA) is 39.1 Å². The van der Waals surface area contributed by atoms with Crippen molar-refractivity contribution in [3.63, 3.8) is 0 Å². The number of nitrogens with one attached hydrogen (secondary N) is 1. The van der Waals surface area contributed by atoms with E-state index in [0.717, 1.165) is 37.5 Å². The first kappa shape index (κ1) is 14.4. The van der Waals surface area contributed by atoms with Gasteiger partial charge in [0.1, 0.15) is 6.04 Å². The first-order valence-electron chi connectivity index (χ1n) is 7.82. The first-order chi connectivity index (χ1) is 9.24. The molecule has 0 unspecified atom stereocenters. The van der Waals surface area contributed by atoms with Crippen LogP contribution in [-0.2, 0) is 0 Å². The van der Waals surface area contributed by atoms with E-state index in [1.165, 1.54) is 32.1 Å². The average Bonchev–Trinajstić information content (AvgIpc) is 2.93. The van der Waals surface area contributed by atoms with Gasteiger partial charge in [0.05, 0.1) is 6.07 Å². The summed E-state index contributed by atoms with van der Waals surface area (Å²) in [7, 11) is 0. The lowest BCUT2D eigenvalue weighted by molar-refractivity contribution is 0.281. The summed E-state index contributed by atoms with van der Waals surface area (Å²) >= 11 is 0. The van der Waals surface area contributed by atoms with Crippen LogP contribution in [0.1, 0.15) is 51.9 Å². The maximum atomic E-state index is 9.11. The minimum atomic E-state index is 0.0603. The molecule has 1 saturated heterocycles. The molecule has 0 spiro atoms. The second-order valence-corrected chi connectivity index (χ2v) is 6.05. The molecule has 1 heterocycles. The zero-order valence-corrected chi connectivity index (χ0v) is 12.2. The van der Waals surface area contributed by atoms with Gasteiger partial charge in [-0.3, -0.25) is 0 Å². The summed E-state index contributed by atoms with van der Waals surface area (Å²) in [6.45, 7) is 8.31. The molecule has 2 aliphatic rings. The van der Waals surface area contributed by atoms with Crippen molar-refractivity contribution in [3.8, 4) is 6.07 Å². The fourth-order valence-electron chi connectivity index (χ4n) is 3.42. The van der Waals surface area contributed by atoms with Gasteiger partial charge in [-0.05, 0) is 44.4 Å². The summed E-state index contributed by atoms with van der Waals surface area (Å²) in [6.07, 6.45) is 8.78. The smallest absolute Gasteiger partial charge is 0.116 e. The maximum Gasteiger partial charge on any atom is 0.116 e. The summed E-state index contributed by atoms with van der Waals surface area (Å²) in [5.74, 6) is 0.947. The molecule has 0 aromatic heterocycles. The van der Waals surface area contributed by atoms with Gasteiger partial charge in [0.15, 0.2) is 0 Å². The molecule has 1 N–H and O–H groups in total. The van der Waals surface area contributed by atoms with Crippen LogP contribution in [0.4, 0.5) is 0 Å². The molecule has 3 heteroatoms. The molecule has 2 fully saturated rings. The van der Waals surface area contributed by atoms with Crippen LogP contribution in [-0.4, -0.2) is 30.1 Å². The van der Waals surface area contributed by atoms with Gasteiger partial charge >= 0.3 is 0 Å². The van der Waals surface area contributed by atoms with Crippen molar-refractivity contribution in [2.45, 2.75) is 64.0 Å². The van der Waals surface area contributed by atoms with Gasteiger partial charge in [-0.2, -0.15) is 5.26 Å². The molecule has 0 amide bonds. The lowest BCUT2D eigenvalue weighted by Gasteiger charge is -2.30. The minimum absolute atomic E-state index is 0.0603. The molecule has 2 rings (SSSR count). The molecule has 1 saturated carbocycles. The van der Waals surface area contributed by atoms with Crippen LogP contribution in [0.15, 0.2) is 12.3 Å². The van der Waals surface area contributed by atoms with Crippen LogP contribution in [0.5, 0.6) is 0 Å². The van der Waals surface area contributed by atoms with Crippen molar-refractivity contribution in [2.75, 3.05) is 13.1 Å². The molecule has 1 aliphatic heterocycles. The van der Waals surface area contributed by atoms with Crippen LogP contribution in [0.3, 0.4) is 0 Å². The van der Waals surface area contributed by atoms with Gasteiger partial charge in [-0.25, -0.2) is 0 Å². The highest BCUT2D eigenvalue weighted by Gasteiger charge is 2.25. The molecule has 0 bridgehead atoms. The molecule has 0 aromatic rings. The zero-order chi connectivity index (χ0) is 13.7. The van der Waals surface area contributed by atoms with Crippen LogP contribution in [0.25, 0.3) is 0 Å². The van der Waals surface area contributed by atoms with Gasteiger partial charge in [-0.1, -0.05) is 19.9 Å². The van der Waals surface area contributed by atoms with E-state index in [2.05, 4.69) is 29.8 Å². The number of nitrogens with zero attached hydrogens (tertiary/aromatic N) is 2. The number of nitriles is 1. The fraction of sp³-hybridized carbons (Fsp3) is 0.812. The van der Waals surface area contributed by atoms with Gasteiger partial charge in [0.25, 0.3) is 0 Å². The number of likely N-dealkylation sites (tertiary alicyclic amines) is 1. The number of rotatable bonds is 5. The summed E-state index contributed by atoms with van der Waals surface area (Å²) < 4.78 is 0. The van der Waals surface area contributed by atoms with Gasteiger partial charge < -0.3 is 10.2 Å². The van der Waals surface area contributed by atoms with E-state index in [1.807, 2.05) is 0 Å². The van der Waals surface area contributed by atoms with Crippen molar-refractivity contribution < 1.29 is 0 Å². The standard InChI is InChI=1S/C16H27N3/c1-3-14-6-8-15(9-7-14)18-12-13(2)19-10-4-5-16(19)11-17/h14-16,18H,2-10,12H2,1H3/t14?,15?,16-/m0/s1. The number of hydrogen-bond acceptors (Lipinski definition) is 3. The van der Waals surface area contributed by atoms with Crippen molar-refractivity contribution in [3.05, 3.63) is 12.3 Å². The Morgan fingerprint density at radius 2 is 2.05 bits per heavy atom. The molecule has 0 radical (unpaired) electrons. The molecule has 19 heavy (non-hydrogen) atoms.